The monoisotopic (exact) mass is 513 g/mol. The normalized spacial score (nSPS) is 21.8. The Labute approximate surface area is 224 Å². The third-order valence-corrected chi connectivity index (χ3v) is 8.31. The zero-order valence-electron chi connectivity index (χ0n) is 22.3. The van der Waals surface area contributed by atoms with Crippen LogP contribution in [0, 0.1) is 25.7 Å². The molecular weight excluding hydrogens is 478 g/mol. The van der Waals surface area contributed by atoms with Crippen molar-refractivity contribution in [3.05, 3.63) is 76.5 Å². The van der Waals surface area contributed by atoms with E-state index in [-0.39, 0.29) is 17.8 Å². The molecular formula is C32H35NO5. The zero-order chi connectivity index (χ0) is 26.4. The molecule has 3 aliphatic carbocycles. The number of rotatable bonds is 10. The average molecular weight is 514 g/mol. The number of nitrogens with zero attached hydrogens (tertiary/aromatic N) is 1. The molecule has 3 aromatic rings. The largest absolute Gasteiger partial charge is 0.493 e. The van der Waals surface area contributed by atoms with Crippen LogP contribution < -0.4 is 9.47 Å². The maximum atomic E-state index is 12.1. The summed E-state index contributed by atoms with van der Waals surface area (Å²) < 4.78 is 17.3. The highest BCUT2D eigenvalue weighted by atomic mass is 16.5. The van der Waals surface area contributed by atoms with Crippen molar-refractivity contribution in [1.29, 1.82) is 0 Å². The molecule has 2 saturated carbocycles. The first-order valence-corrected chi connectivity index (χ1v) is 13.7. The second kappa shape index (κ2) is 9.73. The maximum Gasteiger partial charge on any atom is 0.309 e. The van der Waals surface area contributed by atoms with Crippen molar-refractivity contribution in [2.45, 2.75) is 64.6 Å². The van der Waals surface area contributed by atoms with Gasteiger partial charge in [-0.05, 0) is 103 Å². The van der Waals surface area contributed by atoms with Crippen molar-refractivity contribution < 1.29 is 24.1 Å². The summed E-state index contributed by atoms with van der Waals surface area (Å²) in [7, 11) is 0. The number of hydrogen-bond acceptors (Lipinski definition) is 6. The first kappa shape index (κ1) is 24.9. The predicted octanol–water partition coefficient (Wildman–Crippen LogP) is 5.69. The highest BCUT2D eigenvalue weighted by molar-refractivity contribution is 5.79. The quantitative estimate of drug-likeness (QED) is 0.351. The zero-order valence-corrected chi connectivity index (χ0v) is 22.3. The van der Waals surface area contributed by atoms with E-state index in [1.165, 1.54) is 16.7 Å². The molecule has 0 saturated heterocycles. The van der Waals surface area contributed by atoms with Gasteiger partial charge < -0.3 is 19.3 Å². The van der Waals surface area contributed by atoms with Crippen LogP contribution in [0.2, 0.25) is 0 Å². The van der Waals surface area contributed by atoms with E-state index in [2.05, 4.69) is 55.2 Å². The van der Waals surface area contributed by atoms with Crippen LogP contribution in [0.1, 0.15) is 59.9 Å². The van der Waals surface area contributed by atoms with Crippen LogP contribution in [0.25, 0.3) is 11.1 Å². The first-order chi connectivity index (χ1) is 18.3. The topological polar surface area (TPSA) is 77.9 Å². The minimum atomic E-state index is -0.491. The number of benzene rings is 2. The number of fused-ring (bicyclic) bond motifs is 3. The molecule has 1 heterocycles. The van der Waals surface area contributed by atoms with Gasteiger partial charge in [-0.3, -0.25) is 4.79 Å². The summed E-state index contributed by atoms with van der Waals surface area (Å²) in [6.45, 7) is 7.46. The molecule has 3 aliphatic rings. The second-order valence-corrected chi connectivity index (χ2v) is 11.1. The van der Waals surface area contributed by atoms with Crippen molar-refractivity contribution in [2.24, 2.45) is 11.8 Å². The van der Waals surface area contributed by atoms with E-state index in [0.717, 1.165) is 47.3 Å². The molecule has 0 radical (unpaired) electrons. The van der Waals surface area contributed by atoms with E-state index >= 15 is 0 Å². The van der Waals surface area contributed by atoms with Gasteiger partial charge in [-0.15, -0.1) is 0 Å². The molecule has 2 aromatic carbocycles. The number of pyridine rings is 1. The lowest BCUT2D eigenvalue weighted by atomic mass is 9.94. The van der Waals surface area contributed by atoms with Crippen molar-refractivity contribution in [2.75, 3.05) is 13.2 Å². The van der Waals surface area contributed by atoms with E-state index in [0.29, 0.717) is 38.0 Å². The fourth-order valence-electron chi connectivity index (χ4n) is 6.10. The SMILES string of the molecule is CCOC(=O)[C@H]1[C@@H]2Cc3cc(OCc4cccc(-c5c(C)cc(OCCC6(O)CC6)cc5C)c4)ncc3[C@@H]21. The smallest absolute Gasteiger partial charge is 0.309 e. The van der Waals surface area contributed by atoms with Gasteiger partial charge in [0, 0.05) is 24.6 Å². The molecule has 6 rings (SSSR count). The second-order valence-electron chi connectivity index (χ2n) is 11.1. The van der Waals surface area contributed by atoms with Crippen molar-refractivity contribution in [3.8, 4) is 22.8 Å². The molecule has 0 spiro atoms. The Bertz CT molecular complexity index is 1360. The summed E-state index contributed by atoms with van der Waals surface area (Å²) in [5.74, 6) is 2.01. The van der Waals surface area contributed by atoms with Crippen LogP contribution in [0.15, 0.2) is 48.7 Å². The molecule has 2 fully saturated rings. The number of aliphatic hydroxyl groups is 1. The molecule has 0 amide bonds. The van der Waals surface area contributed by atoms with E-state index in [1.807, 2.05) is 19.2 Å². The molecule has 6 heteroatoms. The van der Waals surface area contributed by atoms with Gasteiger partial charge >= 0.3 is 5.97 Å². The summed E-state index contributed by atoms with van der Waals surface area (Å²) in [5, 5.41) is 10.0. The third-order valence-electron chi connectivity index (χ3n) is 8.31. The van der Waals surface area contributed by atoms with E-state index in [1.54, 1.807) is 0 Å². The summed E-state index contributed by atoms with van der Waals surface area (Å²) in [6.07, 6.45) is 5.22. The average Bonchev–Trinajstić information content (AvgIpc) is 3.77. The van der Waals surface area contributed by atoms with Gasteiger partial charge in [0.15, 0.2) is 0 Å². The fourth-order valence-corrected chi connectivity index (χ4v) is 6.10. The summed E-state index contributed by atoms with van der Waals surface area (Å²) in [6, 6.07) is 14.6. The molecule has 38 heavy (non-hydrogen) atoms. The van der Waals surface area contributed by atoms with Crippen LogP contribution in [0.4, 0.5) is 0 Å². The van der Waals surface area contributed by atoms with Crippen molar-refractivity contribution in [1.82, 2.24) is 4.98 Å². The number of carbonyl (C=O) groups is 1. The Morgan fingerprint density at radius 2 is 1.89 bits per heavy atom. The van der Waals surface area contributed by atoms with Gasteiger partial charge in [0.05, 0.1) is 24.7 Å². The number of esters is 1. The first-order valence-electron chi connectivity index (χ1n) is 13.7. The van der Waals surface area contributed by atoms with Gasteiger partial charge in [0.2, 0.25) is 5.88 Å². The molecule has 198 valence electrons. The molecule has 1 aromatic heterocycles. The lowest BCUT2D eigenvalue weighted by Crippen LogP contribution is -2.12. The van der Waals surface area contributed by atoms with Crippen LogP contribution >= 0.6 is 0 Å². The minimum Gasteiger partial charge on any atom is -0.493 e. The van der Waals surface area contributed by atoms with Crippen molar-refractivity contribution in [3.63, 3.8) is 0 Å². The Morgan fingerprint density at radius 3 is 2.63 bits per heavy atom. The lowest BCUT2D eigenvalue weighted by Gasteiger charge is -2.16. The van der Waals surface area contributed by atoms with Gasteiger partial charge in [-0.25, -0.2) is 4.98 Å². The predicted molar refractivity (Wildman–Crippen MR) is 144 cm³/mol. The van der Waals surface area contributed by atoms with Gasteiger partial charge in [0.1, 0.15) is 12.4 Å². The summed E-state index contributed by atoms with van der Waals surface area (Å²) in [5.41, 5.74) is 7.65. The molecule has 6 nitrogen and oxygen atoms in total. The molecule has 0 bridgehead atoms. The number of aromatic nitrogens is 1. The highest BCUT2D eigenvalue weighted by Crippen LogP contribution is 2.61. The van der Waals surface area contributed by atoms with E-state index in [9.17, 15) is 9.90 Å². The number of ether oxygens (including phenoxy) is 3. The Kier molecular flexibility index (Phi) is 6.39. The third kappa shape index (κ3) is 4.90. The highest BCUT2D eigenvalue weighted by Gasteiger charge is 2.60. The van der Waals surface area contributed by atoms with E-state index < -0.39 is 5.60 Å². The molecule has 3 atom stereocenters. The van der Waals surface area contributed by atoms with Gasteiger partial charge in [-0.2, -0.15) is 0 Å². The molecule has 0 aliphatic heterocycles. The maximum absolute atomic E-state index is 12.1. The standard InChI is InChI=1S/C32H35NO5/c1-4-36-31(34)30-25-15-23-16-27(33-17-26(23)29(25)30)38-18-21-6-5-7-22(14-21)28-19(2)12-24(13-20(28)3)37-11-10-32(35)8-9-32/h5-7,12-14,16-17,25,29-30,35H,4,8-11,15,18H2,1-3H3/t25-,29-,30+/m1/s1. The van der Waals surface area contributed by atoms with Crippen LogP contribution in [0.5, 0.6) is 11.6 Å². The van der Waals surface area contributed by atoms with Gasteiger partial charge in [0.25, 0.3) is 0 Å². The fraction of sp³-hybridized carbons (Fsp3) is 0.438. The Morgan fingerprint density at radius 1 is 1.11 bits per heavy atom. The number of hydrogen-bond donors (Lipinski definition) is 1. The van der Waals surface area contributed by atoms with Gasteiger partial charge in [-0.1, -0.05) is 18.2 Å². The van der Waals surface area contributed by atoms with Crippen LogP contribution in [-0.4, -0.2) is 34.9 Å². The molecule has 0 unspecified atom stereocenters. The van der Waals surface area contributed by atoms with Crippen LogP contribution in [-0.2, 0) is 22.6 Å². The minimum absolute atomic E-state index is 0.00156. The Hall–Kier alpha value is -3.38. The van der Waals surface area contributed by atoms with Crippen LogP contribution in [0.3, 0.4) is 0 Å². The van der Waals surface area contributed by atoms with Crippen molar-refractivity contribution >= 4 is 5.97 Å². The Balaban J connectivity index is 1.10. The molecule has 1 N–H and O–H groups in total. The number of aryl methyl sites for hydroxylation is 2. The van der Waals surface area contributed by atoms with E-state index in [4.69, 9.17) is 14.2 Å². The lowest BCUT2D eigenvalue weighted by molar-refractivity contribution is -0.145. The number of carbonyl (C=O) groups excluding carboxylic acids is 1. The summed E-state index contributed by atoms with van der Waals surface area (Å²) >= 11 is 0. The summed E-state index contributed by atoms with van der Waals surface area (Å²) in [4.78, 5) is 16.7.